The fourth-order valence-electron chi connectivity index (χ4n) is 1.94. The first-order chi connectivity index (χ1) is 9.13. The summed E-state index contributed by atoms with van der Waals surface area (Å²) in [4.78, 5) is 20.0. The SMILES string of the molecule is CC(=O)Nc1cn2cc(C)nc2c(-c2ccco2)n1. The van der Waals surface area contributed by atoms with E-state index in [2.05, 4.69) is 15.3 Å². The van der Waals surface area contributed by atoms with Crippen molar-refractivity contribution in [2.24, 2.45) is 0 Å². The number of imidazole rings is 1. The minimum Gasteiger partial charge on any atom is -0.463 e. The molecule has 3 aromatic rings. The average Bonchev–Trinajstić information content (AvgIpc) is 2.94. The van der Waals surface area contributed by atoms with Gasteiger partial charge in [-0.2, -0.15) is 0 Å². The third-order valence-corrected chi connectivity index (χ3v) is 2.62. The number of hydrogen-bond acceptors (Lipinski definition) is 4. The topological polar surface area (TPSA) is 72.4 Å². The molecule has 96 valence electrons. The summed E-state index contributed by atoms with van der Waals surface area (Å²) in [5.74, 6) is 0.903. The Morgan fingerprint density at radius 3 is 2.89 bits per heavy atom. The number of carbonyl (C=O) groups excluding carboxylic acids is 1. The fraction of sp³-hybridized carbons (Fsp3) is 0.154. The van der Waals surface area contributed by atoms with E-state index in [4.69, 9.17) is 4.42 Å². The van der Waals surface area contributed by atoms with E-state index in [0.717, 1.165) is 5.69 Å². The van der Waals surface area contributed by atoms with E-state index in [0.29, 0.717) is 22.9 Å². The Bertz CT molecular complexity index is 743. The Morgan fingerprint density at radius 2 is 2.21 bits per heavy atom. The normalized spacial score (nSPS) is 10.8. The van der Waals surface area contributed by atoms with Crippen molar-refractivity contribution in [2.45, 2.75) is 13.8 Å². The minimum absolute atomic E-state index is 0.172. The summed E-state index contributed by atoms with van der Waals surface area (Å²) in [6.45, 7) is 3.34. The summed E-state index contributed by atoms with van der Waals surface area (Å²) in [6, 6.07) is 3.60. The van der Waals surface area contributed by atoms with Crippen molar-refractivity contribution < 1.29 is 9.21 Å². The summed E-state index contributed by atoms with van der Waals surface area (Å²) in [6.07, 6.45) is 5.17. The smallest absolute Gasteiger partial charge is 0.222 e. The number of furan rings is 1. The number of carbonyl (C=O) groups is 1. The highest BCUT2D eigenvalue weighted by Gasteiger charge is 2.13. The maximum Gasteiger partial charge on any atom is 0.222 e. The van der Waals surface area contributed by atoms with Gasteiger partial charge in [-0.3, -0.25) is 4.79 Å². The van der Waals surface area contributed by atoms with Crippen LogP contribution in [0.5, 0.6) is 0 Å². The molecule has 0 radical (unpaired) electrons. The molecule has 19 heavy (non-hydrogen) atoms. The molecule has 3 rings (SSSR count). The number of rotatable bonds is 2. The minimum atomic E-state index is -0.172. The first-order valence-electron chi connectivity index (χ1n) is 5.81. The Morgan fingerprint density at radius 1 is 1.37 bits per heavy atom. The summed E-state index contributed by atoms with van der Waals surface area (Å²) in [5.41, 5.74) is 2.17. The van der Waals surface area contributed by atoms with Crippen molar-refractivity contribution in [3.8, 4) is 11.5 Å². The zero-order valence-electron chi connectivity index (χ0n) is 10.5. The molecule has 1 amide bonds. The predicted octanol–water partition coefficient (Wildman–Crippen LogP) is 2.26. The zero-order valence-corrected chi connectivity index (χ0v) is 10.5. The van der Waals surface area contributed by atoms with Gasteiger partial charge in [0.25, 0.3) is 0 Å². The average molecular weight is 256 g/mol. The van der Waals surface area contributed by atoms with Gasteiger partial charge in [0, 0.05) is 13.1 Å². The van der Waals surface area contributed by atoms with Gasteiger partial charge in [0.2, 0.25) is 5.91 Å². The molecule has 0 aliphatic rings. The van der Waals surface area contributed by atoms with Gasteiger partial charge in [0.05, 0.1) is 18.2 Å². The van der Waals surface area contributed by atoms with Crippen LogP contribution in [0.2, 0.25) is 0 Å². The third kappa shape index (κ3) is 2.08. The Balaban J connectivity index is 2.24. The molecule has 0 unspecified atom stereocenters. The van der Waals surface area contributed by atoms with Crippen LogP contribution in [-0.4, -0.2) is 20.3 Å². The highest BCUT2D eigenvalue weighted by molar-refractivity contribution is 5.88. The lowest BCUT2D eigenvalue weighted by Gasteiger charge is -2.05. The second kappa shape index (κ2) is 4.24. The van der Waals surface area contributed by atoms with Crippen LogP contribution in [0.4, 0.5) is 5.82 Å². The van der Waals surface area contributed by atoms with E-state index in [-0.39, 0.29) is 5.91 Å². The Kier molecular flexibility index (Phi) is 2.56. The molecule has 3 aromatic heterocycles. The van der Waals surface area contributed by atoms with E-state index >= 15 is 0 Å². The second-order valence-corrected chi connectivity index (χ2v) is 4.25. The number of aromatic nitrogens is 3. The monoisotopic (exact) mass is 256 g/mol. The zero-order chi connectivity index (χ0) is 13.4. The van der Waals surface area contributed by atoms with Gasteiger partial charge >= 0.3 is 0 Å². The van der Waals surface area contributed by atoms with Crippen LogP contribution in [0.3, 0.4) is 0 Å². The van der Waals surface area contributed by atoms with Crippen molar-refractivity contribution in [2.75, 3.05) is 5.32 Å². The number of aryl methyl sites for hydroxylation is 1. The van der Waals surface area contributed by atoms with Crippen LogP contribution < -0.4 is 5.32 Å². The van der Waals surface area contributed by atoms with Gasteiger partial charge in [-0.1, -0.05) is 0 Å². The van der Waals surface area contributed by atoms with Crippen molar-refractivity contribution in [1.29, 1.82) is 0 Å². The number of fused-ring (bicyclic) bond motifs is 1. The Hall–Kier alpha value is -2.63. The lowest BCUT2D eigenvalue weighted by molar-refractivity contribution is -0.114. The molecule has 0 aliphatic carbocycles. The predicted molar refractivity (Wildman–Crippen MR) is 69.7 cm³/mol. The van der Waals surface area contributed by atoms with Crippen LogP contribution >= 0.6 is 0 Å². The second-order valence-electron chi connectivity index (χ2n) is 4.25. The number of amides is 1. The van der Waals surface area contributed by atoms with Crippen LogP contribution in [0.15, 0.2) is 35.2 Å². The number of anilines is 1. The highest BCUT2D eigenvalue weighted by Crippen LogP contribution is 2.24. The van der Waals surface area contributed by atoms with Gasteiger partial charge < -0.3 is 14.1 Å². The molecule has 0 saturated heterocycles. The number of nitrogens with one attached hydrogen (secondary N) is 1. The molecule has 0 fully saturated rings. The van der Waals surface area contributed by atoms with Crippen LogP contribution in [0.1, 0.15) is 12.6 Å². The van der Waals surface area contributed by atoms with Crippen molar-refractivity contribution >= 4 is 17.4 Å². The maximum absolute atomic E-state index is 11.2. The van der Waals surface area contributed by atoms with Crippen molar-refractivity contribution in [1.82, 2.24) is 14.4 Å². The third-order valence-electron chi connectivity index (χ3n) is 2.62. The van der Waals surface area contributed by atoms with Gasteiger partial charge in [-0.15, -0.1) is 0 Å². The van der Waals surface area contributed by atoms with Gasteiger partial charge in [0.1, 0.15) is 5.82 Å². The summed E-state index contributed by atoms with van der Waals surface area (Å²) < 4.78 is 7.19. The molecule has 0 atom stereocenters. The lowest BCUT2D eigenvalue weighted by Crippen LogP contribution is -2.09. The highest BCUT2D eigenvalue weighted by atomic mass is 16.3. The van der Waals surface area contributed by atoms with Crippen molar-refractivity contribution in [3.63, 3.8) is 0 Å². The van der Waals surface area contributed by atoms with E-state index in [9.17, 15) is 4.79 Å². The maximum atomic E-state index is 11.2. The molecule has 0 spiro atoms. The Labute approximate surface area is 109 Å². The first-order valence-corrected chi connectivity index (χ1v) is 5.81. The molecule has 3 heterocycles. The summed E-state index contributed by atoms with van der Waals surface area (Å²) >= 11 is 0. The lowest BCUT2D eigenvalue weighted by atomic mass is 10.3. The largest absolute Gasteiger partial charge is 0.463 e. The molecule has 1 N–H and O–H groups in total. The molecule has 0 bridgehead atoms. The quantitative estimate of drug-likeness (QED) is 0.763. The number of nitrogens with zero attached hydrogens (tertiary/aromatic N) is 3. The van der Waals surface area contributed by atoms with Crippen LogP contribution in [0.25, 0.3) is 17.1 Å². The number of hydrogen-bond donors (Lipinski definition) is 1. The van der Waals surface area contributed by atoms with Gasteiger partial charge in [-0.05, 0) is 19.1 Å². The van der Waals surface area contributed by atoms with E-state index in [1.165, 1.54) is 6.92 Å². The summed E-state index contributed by atoms with van der Waals surface area (Å²) in [5, 5.41) is 2.67. The van der Waals surface area contributed by atoms with E-state index in [1.807, 2.05) is 23.6 Å². The van der Waals surface area contributed by atoms with E-state index in [1.54, 1.807) is 18.5 Å². The van der Waals surface area contributed by atoms with Crippen LogP contribution in [0, 0.1) is 6.92 Å². The van der Waals surface area contributed by atoms with Gasteiger partial charge in [0.15, 0.2) is 17.1 Å². The van der Waals surface area contributed by atoms with Crippen molar-refractivity contribution in [3.05, 3.63) is 36.5 Å². The molecule has 0 saturated carbocycles. The van der Waals surface area contributed by atoms with Gasteiger partial charge in [-0.25, -0.2) is 9.97 Å². The molecule has 6 nitrogen and oxygen atoms in total. The molecular formula is C13H12N4O2. The molecule has 0 aromatic carbocycles. The summed E-state index contributed by atoms with van der Waals surface area (Å²) in [7, 11) is 0. The molecule has 0 aliphatic heterocycles. The molecule has 6 heteroatoms. The van der Waals surface area contributed by atoms with E-state index < -0.39 is 0 Å². The van der Waals surface area contributed by atoms with Crippen LogP contribution in [-0.2, 0) is 4.79 Å². The molecular weight excluding hydrogens is 244 g/mol. The fourth-order valence-corrected chi connectivity index (χ4v) is 1.94. The first kappa shape index (κ1) is 11.5. The standard InChI is InChI=1S/C13H12N4O2/c1-8-6-17-7-11(15-9(2)18)16-12(13(17)14-8)10-4-3-5-19-10/h3-7H,1-2H3,(H,15,18).